The summed E-state index contributed by atoms with van der Waals surface area (Å²) in [6.45, 7) is 7.35. The molecule has 4 aromatic rings. The van der Waals surface area contributed by atoms with Crippen molar-refractivity contribution in [3.63, 3.8) is 0 Å². The summed E-state index contributed by atoms with van der Waals surface area (Å²) in [5.74, 6) is 1.63. The van der Waals surface area contributed by atoms with Crippen molar-refractivity contribution in [1.82, 2.24) is 29.5 Å². The summed E-state index contributed by atoms with van der Waals surface area (Å²) < 4.78 is 7.96. The molecule has 1 aliphatic carbocycles. The molecule has 39 heavy (non-hydrogen) atoms. The minimum Gasteiger partial charge on any atom is -0.457 e. The van der Waals surface area contributed by atoms with E-state index in [9.17, 15) is 4.79 Å². The van der Waals surface area contributed by atoms with Crippen LogP contribution in [0.4, 0.5) is 0 Å². The Morgan fingerprint density at radius 2 is 1.82 bits per heavy atom. The number of rotatable bonds is 9. The molecule has 200 valence electrons. The number of likely N-dealkylation sites (tertiary alicyclic amines) is 1. The van der Waals surface area contributed by atoms with Crippen molar-refractivity contribution in [3.05, 3.63) is 78.8 Å². The fraction of sp³-hybridized carbons (Fsp3) is 0.355. The zero-order valence-electron chi connectivity index (χ0n) is 22.5. The van der Waals surface area contributed by atoms with Gasteiger partial charge >= 0.3 is 0 Å². The SMILES string of the molecule is CCN(C/C=C/C(=O)N1CC[C@@H](n2nc(-c3ccc(Oc4ccccc4)cc3)c3c(C)ncnc32)C1)C1CC1. The lowest BCUT2D eigenvalue weighted by Crippen LogP contribution is -2.29. The van der Waals surface area contributed by atoms with Gasteiger partial charge in [-0.3, -0.25) is 9.69 Å². The number of para-hydroxylation sites is 1. The van der Waals surface area contributed by atoms with Crippen LogP contribution >= 0.6 is 0 Å². The number of hydrogen-bond donors (Lipinski definition) is 0. The molecule has 6 rings (SSSR count). The van der Waals surface area contributed by atoms with E-state index in [-0.39, 0.29) is 11.9 Å². The summed E-state index contributed by atoms with van der Waals surface area (Å²) in [5.41, 5.74) is 3.51. The van der Waals surface area contributed by atoms with Gasteiger partial charge in [-0.25, -0.2) is 14.6 Å². The van der Waals surface area contributed by atoms with Crippen LogP contribution in [0.1, 0.15) is 37.9 Å². The van der Waals surface area contributed by atoms with Crippen LogP contribution in [0, 0.1) is 6.92 Å². The summed E-state index contributed by atoms with van der Waals surface area (Å²) in [4.78, 5) is 26.4. The molecule has 2 aromatic carbocycles. The number of benzene rings is 2. The Morgan fingerprint density at radius 1 is 1.05 bits per heavy atom. The van der Waals surface area contributed by atoms with Crippen LogP contribution in [-0.2, 0) is 4.79 Å². The lowest BCUT2D eigenvalue weighted by Gasteiger charge is -2.18. The van der Waals surface area contributed by atoms with E-state index >= 15 is 0 Å². The van der Waals surface area contributed by atoms with Gasteiger partial charge in [0.25, 0.3) is 0 Å². The van der Waals surface area contributed by atoms with Crippen molar-refractivity contribution in [2.24, 2.45) is 0 Å². The minimum atomic E-state index is 0.0622. The largest absolute Gasteiger partial charge is 0.457 e. The highest BCUT2D eigenvalue weighted by molar-refractivity contribution is 5.93. The molecule has 2 fully saturated rings. The van der Waals surface area contributed by atoms with Crippen LogP contribution in [0.5, 0.6) is 11.5 Å². The Labute approximate surface area is 228 Å². The third-order valence-electron chi connectivity index (χ3n) is 7.68. The Kier molecular flexibility index (Phi) is 7.11. The van der Waals surface area contributed by atoms with E-state index in [1.807, 2.05) is 77.2 Å². The zero-order valence-corrected chi connectivity index (χ0v) is 22.5. The number of aromatic nitrogens is 4. The van der Waals surface area contributed by atoms with Crippen LogP contribution in [0.3, 0.4) is 0 Å². The summed E-state index contributed by atoms with van der Waals surface area (Å²) in [7, 11) is 0. The molecule has 0 radical (unpaired) electrons. The van der Waals surface area contributed by atoms with Crippen molar-refractivity contribution in [2.75, 3.05) is 26.2 Å². The molecule has 1 saturated heterocycles. The second-order valence-corrected chi connectivity index (χ2v) is 10.3. The molecule has 0 bridgehead atoms. The molecule has 1 amide bonds. The molecule has 8 nitrogen and oxygen atoms in total. The van der Waals surface area contributed by atoms with Gasteiger partial charge in [-0.15, -0.1) is 0 Å². The van der Waals surface area contributed by atoms with Gasteiger partial charge in [-0.05, 0) is 69.1 Å². The van der Waals surface area contributed by atoms with Gasteiger partial charge in [0.05, 0.1) is 17.1 Å². The van der Waals surface area contributed by atoms with Crippen molar-refractivity contribution in [2.45, 2.75) is 45.2 Å². The lowest BCUT2D eigenvalue weighted by molar-refractivity contribution is -0.125. The zero-order chi connectivity index (χ0) is 26.8. The molecule has 1 atom stereocenters. The maximum Gasteiger partial charge on any atom is 0.246 e. The predicted molar refractivity (Wildman–Crippen MR) is 152 cm³/mol. The molecule has 1 saturated carbocycles. The Balaban J connectivity index is 1.20. The van der Waals surface area contributed by atoms with Gasteiger partial charge in [0.2, 0.25) is 5.91 Å². The molecule has 3 heterocycles. The van der Waals surface area contributed by atoms with Gasteiger partial charge in [0.15, 0.2) is 5.65 Å². The van der Waals surface area contributed by atoms with E-state index in [0.717, 1.165) is 59.0 Å². The number of nitrogens with zero attached hydrogens (tertiary/aromatic N) is 6. The molecule has 2 aliphatic rings. The van der Waals surface area contributed by atoms with Gasteiger partial charge < -0.3 is 9.64 Å². The first-order chi connectivity index (χ1) is 19.1. The van der Waals surface area contributed by atoms with E-state index in [4.69, 9.17) is 9.84 Å². The summed E-state index contributed by atoms with van der Waals surface area (Å²) in [5, 5.41) is 5.99. The maximum atomic E-state index is 12.9. The van der Waals surface area contributed by atoms with Gasteiger partial charge in [-0.2, -0.15) is 5.10 Å². The number of ether oxygens (including phenoxy) is 1. The standard InChI is InChI=1S/C31H34N6O2/c1-3-35(24-13-14-24)18-7-10-28(38)36-19-17-25(20-36)37-31-29(22(2)32-21-33-31)30(34-37)23-11-15-27(16-12-23)39-26-8-5-4-6-9-26/h4-12,15-16,21,24-25H,3,13-14,17-20H2,1-2H3/b10-7+/t25-/m1/s1. The van der Waals surface area contributed by atoms with Crippen LogP contribution < -0.4 is 4.74 Å². The van der Waals surface area contributed by atoms with E-state index in [1.54, 1.807) is 12.4 Å². The molecular formula is C31H34N6O2. The second-order valence-electron chi connectivity index (χ2n) is 10.3. The van der Waals surface area contributed by atoms with E-state index in [1.165, 1.54) is 12.8 Å². The quantitative estimate of drug-likeness (QED) is 0.274. The molecule has 0 spiro atoms. The highest BCUT2D eigenvalue weighted by Crippen LogP contribution is 2.34. The number of amides is 1. The fourth-order valence-corrected chi connectivity index (χ4v) is 5.39. The predicted octanol–water partition coefficient (Wildman–Crippen LogP) is 5.41. The highest BCUT2D eigenvalue weighted by atomic mass is 16.5. The van der Waals surface area contributed by atoms with Crippen LogP contribution in [0.15, 0.2) is 73.1 Å². The van der Waals surface area contributed by atoms with E-state index in [2.05, 4.69) is 21.8 Å². The lowest BCUT2D eigenvalue weighted by atomic mass is 10.1. The van der Waals surface area contributed by atoms with Gasteiger partial charge in [0, 0.05) is 37.3 Å². The number of carbonyl (C=O) groups excluding carboxylic acids is 1. The Morgan fingerprint density at radius 3 is 2.56 bits per heavy atom. The highest BCUT2D eigenvalue weighted by Gasteiger charge is 2.30. The Bertz CT molecular complexity index is 1480. The van der Waals surface area contributed by atoms with Crippen LogP contribution in [0.2, 0.25) is 0 Å². The summed E-state index contributed by atoms with van der Waals surface area (Å²) in [6, 6.07) is 18.5. The minimum absolute atomic E-state index is 0.0622. The number of likely N-dealkylation sites (N-methyl/N-ethyl adjacent to an activating group) is 1. The fourth-order valence-electron chi connectivity index (χ4n) is 5.39. The molecular weight excluding hydrogens is 488 g/mol. The second kappa shape index (κ2) is 11.0. The van der Waals surface area contributed by atoms with Crippen molar-refractivity contribution in [3.8, 4) is 22.8 Å². The first-order valence-corrected chi connectivity index (χ1v) is 13.8. The first-order valence-electron chi connectivity index (χ1n) is 13.8. The van der Waals surface area contributed by atoms with Crippen molar-refractivity contribution in [1.29, 1.82) is 0 Å². The average molecular weight is 523 g/mol. The molecule has 0 unspecified atom stereocenters. The van der Waals surface area contributed by atoms with Crippen LogP contribution in [-0.4, -0.2) is 67.7 Å². The van der Waals surface area contributed by atoms with Gasteiger partial charge in [-0.1, -0.05) is 31.2 Å². The monoisotopic (exact) mass is 522 g/mol. The van der Waals surface area contributed by atoms with Gasteiger partial charge in [0.1, 0.15) is 23.5 Å². The summed E-state index contributed by atoms with van der Waals surface area (Å²) >= 11 is 0. The molecule has 8 heteroatoms. The number of fused-ring (bicyclic) bond motifs is 1. The third-order valence-corrected chi connectivity index (χ3v) is 7.68. The first kappa shape index (κ1) is 25.2. The number of aryl methyl sites for hydroxylation is 1. The normalized spacial score (nSPS) is 17.5. The average Bonchev–Trinajstić information content (AvgIpc) is 3.54. The molecule has 1 aliphatic heterocycles. The van der Waals surface area contributed by atoms with E-state index < -0.39 is 0 Å². The third kappa shape index (κ3) is 5.43. The Hall–Kier alpha value is -4.04. The van der Waals surface area contributed by atoms with Crippen molar-refractivity contribution >= 4 is 16.9 Å². The smallest absolute Gasteiger partial charge is 0.246 e. The molecule has 0 N–H and O–H groups in total. The maximum absolute atomic E-state index is 12.9. The number of carbonyl (C=O) groups is 1. The van der Waals surface area contributed by atoms with Crippen LogP contribution in [0.25, 0.3) is 22.3 Å². The van der Waals surface area contributed by atoms with Crippen molar-refractivity contribution < 1.29 is 9.53 Å². The molecule has 2 aromatic heterocycles. The summed E-state index contributed by atoms with van der Waals surface area (Å²) in [6.07, 6.45) is 8.74. The number of hydrogen-bond acceptors (Lipinski definition) is 6. The topological polar surface area (TPSA) is 76.4 Å². The van der Waals surface area contributed by atoms with E-state index in [0.29, 0.717) is 19.1 Å².